The van der Waals surface area contributed by atoms with Crippen molar-refractivity contribution in [2.24, 2.45) is 11.7 Å². The molecule has 2 aromatic rings. The van der Waals surface area contributed by atoms with Gasteiger partial charge in [-0.3, -0.25) is 14.6 Å². The molecular formula is C16H19N5O2. The molecule has 2 heterocycles. The van der Waals surface area contributed by atoms with Crippen LogP contribution < -0.4 is 11.1 Å². The smallest absolute Gasteiger partial charge is 0.270 e. The number of aromatic nitrogens is 3. The third-order valence-corrected chi connectivity index (χ3v) is 4.19. The Labute approximate surface area is 133 Å². The molecule has 0 spiro atoms. The van der Waals surface area contributed by atoms with Gasteiger partial charge in [0.05, 0.1) is 11.6 Å². The van der Waals surface area contributed by atoms with Crippen LogP contribution in [0.2, 0.25) is 0 Å². The summed E-state index contributed by atoms with van der Waals surface area (Å²) >= 11 is 0. The van der Waals surface area contributed by atoms with E-state index in [1.54, 1.807) is 41.5 Å². The number of hydrogen-bond acceptors (Lipinski definition) is 4. The third kappa shape index (κ3) is 3.39. The minimum Gasteiger partial charge on any atom is -0.369 e. The van der Waals surface area contributed by atoms with E-state index in [1.165, 1.54) is 0 Å². The number of hydrogen-bond donors (Lipinski definition) is 2. The van der Waals surface area contributed by atoms with Gasteiger partial charge in [-0.05, 0) is 31.0 Å². The summed E-state index contributed by atoms with van der Waals surface area (Å²) in [5, 5.41) is 7.04. The van der Waals surface area contributed by atoms with Gasteiger partial charge >= 0.3 is 0 Å². The molecule has 1 fully saturated rings. The zero-order valence-electron chi connectivity index (χ0n) is 12.7. The number of amides is 2. The highest BCUT2D eigenvalue weighted by atomic mass is 16.2. The normalized spacial score (nSPS) is 20.9. The van der Waals surface area contributed by atoms with Gasteiger partial charge in [0.1, 0.15) is 5.69 Å². The second-order valence-corrected chi connectivity index (χ2v) is 5.72. The van der Waals surface area contributed by atoms with Crippen LogP contribution in [0.4, 0.5) is 0 Å². The van der Waals surface area contributed by atoms with E-state index in [1.807, 2.05) is 0 Å². The number of nitrogens with two attached hydrogens (primary N) is 1. The molecule has 23 heavy (non-hydrogen) atoms. The highest BCUT2D eigenvalue weighted by Gasteiger charge is 2.30. The standard InChI is InChI=1S/C16H19N5O2/c17-15(22)12-4-1-2-5-13(12)20-16(23)14-10-11(6-8-18-14)21-9-3-7-19-21/h3,6-10,12-13H,1-2,4-5H2,(H2,17,22)(H,20,23). The van der Waals surface area contributed by atoms with Crippen LogP contribution in [0.15, 0.2) is 36.8 Å². The van der Waals surface area contributed by atoms with Gasteiger partial charge in [-0.1, -0.05) is 12.8 Å². The Bertz CT molecular complexity index is 698. The largest absolute Gasteiger partial charge is 0.369 e. The van der Waals surface area contributed by atoms with Crippen LogP contribution in [0.25, 0.3) is 5.69 Å². The maximum absolute atomic E-state index is 12.4. The van der Waals surface area contributed by atoms with Crippen LogP contribution >= 0.6 is 0 Å². The highest BCUT2D eigenvalue weighted by molar-refractivity contribution is 5.93. The first-order valence-electron chi connectivity index (χ1n) is 7.71. The lowest BCUT2D eigenvalue weighted by Crippen LogP contribution is -2.47. The number of carbonyl (C=O) groups excluding carboxylic acids is 2. The Morgan fingerprint density at radius 1 is 1.26 bits per heavy atom. The van der Waals surface area contributed by atoms with Crippen LogP contribution in [-0.2, 0) is 4.79 Å². The maximum Gasteiger partial charge on any atom is 0.270 e. The fourth-order valence-electron chi connectivity index (χ4n) is 2.99. The molecule has 2 amide bonds. The van der Waals surface area contributed by atoms with Crippen LogP contribution in [0.5, 0.6) is 0 Å². The van der Waals surface area contributed by atoms with Crippen molar-refractivity contribution in [3.05, 3.63) is 42.5 Å². The van der Waals surface area contributed by atoms with Gasteiger partial charge in [-0.15, -0.1) is 0 Å². The van der Waals surface area contributed by atoms with Gasteiger partial charge in [0.25, 0.3) is 5.91 Å². The van der Waals surface area contributed by atoms with Crippen molar-refractivity contribution in [3.63, 3.8) is 0 Å². The molecule has 2 atom stereocenters. The van der Waals surface area contributed by atoms with E-state index in [0.717, 1.165) is 31.4 Å². The number of carbonyl (C=O) groups is 2. The molecular weight excluding hydrogens is 294 g/mol. The monoisotopic (exact) mass is 313 g/mol. The Morgan fingerprint density at radius 2 is 2.09 bits per heavy atom. The van der Waals surface area contributed by atoms with Gasteiger partial charge in [0.15, 0.2) is 0 Å². The van der Waals surface area contributed by atoms with Crippen LogP contribution in [0, 0.1) is 5.92 Å². The molecule has 2 unspecified atom stereocenters. The summed E-state index contributed by atoms with van der Waals surface area (Å²) in [6.07, 6.45) is 8.46. The van der Waals surface area contributed by atoms with E-state index in [-0.39, 0.29) is 23.8 Å². The quantitative estimate of drug-likeness (QED) is 0.880. The first-order valence-corrected chi connectivity index (χ1v) is 7.71. The average molecular weight is 313 g/mol. The van der Waals surface area contributed by atoms with Crippen molar-refractivity contribution in [2.75, 3.05) is 0 Å². The van der Waals surface area contributed by atoms with Crippen LogP contribution in [0.3, 0.4) is 0 Å². The molecule has 3 N–H and O–H groups in total. The Hall–Kier alpha value is -2.70. The summed E-state index contributed by atoms with van der Waals surface area (Å²) in [4.78, 5) is 28.1. The van der Waals surface area contributed by atoms with Gasteiger partial charge in [0.2, 0.25) is 5.91 Å². The molecule has 0 aliphatic heterocycles. The molecule has 3 rings (SSSR count). The summed E-state index contributed by atoms with van der Waals surface area (Å²) in [6, 6.07) is 5.03. The molecule has 0 radical (unpaired) electrons. The Kier molecular flexibility index (Phi) is 4.36. The lowest BCUT2D eigenvalue weighted by atomic mass is 9.84. The fourth-order valence-corrected chi connectivity index (χ4v) is 2.99. The Balaban J connectivity index is 1.75. The number of primary amides is 1. The maximum atomic E-state index is 12.4. The zero-order valence-corrected chi connectivity index (χ0v) is 12.7. The highest BCUT2D eigenvalue weighted by Crippen LogP contribution is 2.24. The predicted octanol–water partition coefficient (Wildman–Crippen LogP) is 1.04. The lowest BCUT2D eigenvalue weighted by molar-refractivity contribution is -0.123. The first-order chi connectivity index (χ1) is 11.1. The number of nitrogens with zero attached hydrogens (tertiary/aromatic N) is 3. The molecule has 120 valence electrons. The van der Waals surface area contributed by atoms with Crippen molar-refractivity contribution in [3.8, 4) is 5.69 Å². The van der Waals surface area contributed by atoms with E-state index < -0.39 is 0 Å². The van der Waals surface area contributed by atoms with E-state index in [2.05, 4.69) is 15.4 Å². The molecule has 7 nitrogen and oxygen atoms in total. The van der Waals surface area contributed by atoms with Crippen molar-refractivity contribution in [2.45, 2.75) is 31.7 Å². The summed E-state index contributed by atoms with van der Waals surface area (Å²) in [5.74, 6) is -0.951. The third-order valence-electron chi connectivity index (χ3n) is 4.19. The van der Waals surface area contributed by atoms with Gasteiger partial charge in [-0.2, -0.15) is 5.10 Å². The second kappa shape index (κ2) is 6.60. The van der Waals surface area contributed by atoms with E-state index in [0.29, 0.717) is 5.69 Å². The van der Waals surface area contributed by atoms with E-state index >= 15 is 0 Å². The molecule has 1 aliphatic rings. The summed E-state index contributed by atoms with van der Waals surface area (Å²) in [7, 11) is 0. The van der Waals surface area contributed by atoms with Crippen LogP contribution in [-0.4, -0.2) is 32.6 Å². The molecule has 1 aliphatic carbocycles. The molecule has 0 aromatic carbocycles. The number of pyridine rings is 1. The molecule has 2 aromatic heterocycles. The van der Waals surface area contributed by atoms with Gasteiger partial charge in [0, 0.05) is 24.6 Å². The summed E-state index contributed by atoms with van der Waals surface area (Å²) in [6.45, 7) is 0. The van der Waals surface area contributed by atoms with Crippen molar-refractivity contribution < 1.29 is 9.59 Å². The van der Waals surface area contributed by atoms with Crippen molar-refractivity contribution in [1.82, 2.24) is 20.1 Å². The predicted molar refractivity (Wildman–Crippen MR) is 83.8 cm³/mol. The van der Waals surface area contributed by atoms with Crippen molar-refractivity contribution >= 4 is 11.8 Å². The Morgan fingerprint density at radius 3 is 2.83 bits per heavy atom. The molecule has 1 saturated carbocycles. The molecule has 0 bridgehead atoms. The van der Waals surface area contributed by atoms with Crippen LogP contribution in [0.1, 0.15) is 36.2 Å². The first kappa shape index (κ1) is 15.2. The summed E-state index contributed by atoms with van der Waals surface area (Å²) < 4.78 is 1.66. The number of rotatable bonds is 4. The van der Waals surface area contributed by atoms with Gasteiger partial charge < -0.3 is 11.1 Å². The fraction of sp³-hybridized carbons (Fsp3) is 0.375. The van der Waals surface area contributed by atoms with Gasteiger partial charge in [-0.25, -0.2) is 4.68 Å². The SMILES string of the molecule is NC(=O)C1CCCCC1NC(=O)c1cc(-n2cccn2)ccn1. The van der Waals surface area contributed by atoms with E-state index in [9.17, 15) is 9.59 Å². The average Bonchev–Trinajstić information content (AvgIpc) is 3.10. The molecule has 0 saturated heterocycles. The van der Waals surface area contributed by atoms with E-state index in [4.69, 9.17) is 5.73 Å². The van der Waals surface area contributed by atoms with Crippen molar-refractivity contribution in [1.29, 1.82) is 0 Å². The minimum atomic E-state index is -0.353. The second-order valence-electron chi connectivity index (χ2n) is 5.72. The zero-order chi connectivity index (χ0) is 16.2. The number of nitrogens with one attached hydrogen (secondary N) is 1. The topological polar surface area (TPSA) is 103 Å². The molecule has 7 heteroatoms. The lowest BCUT2D eigenvalue weighted by Gasteiger charge is -2.29. The summed E-state index contributed by atoms with van der Waals surface area (Å²) in [5.41, 5.74) is 6.50. The minimum absolute atomic E-state index is 0.219.